The molecule has 0 bridgehead atoms. The molecule has 0 N–H and O–H groups in total. The number of pyridine rings is 1. The maximum atomic E-state index is 9.40. The molecule has 2 aromatic rings. The van der Waals surface area contributed by atoms with E-state index in [1.54, 1.807) is 51.8 Å². The minimum atomic E-state index is 0. The van der Waals surface area contributed by atoms with Crippen LogP contribution in [0.3, 0.4) is 0 Å². The zero-order valence-corrected chi connectivity index (χ0v) is 13.9. The zero-order chi connectivity index (χ0) is 15.9. The molecule has 2 rings (SSSR count). The van der Waals surface area contributed by atoms with Gasteiger partial charge in [0, 0.05) is 12.3 Å². The Labute approximate surface area is 141 Å². The first-order valence-corrected chi connectivity index (χ1v) is 6.56. The van der Waals surface area contributed by atoms with E-state index in [0.29, 0.717) is 23.0 Å². The number of benzene rings is 1. The first-order valence-electron chi connectivity index (χ1n) is 6.56. The van der Waals surface area contributed by atoms with Crippen LogP contribution in [0.5, 0.6) is 17.4 Å². The van der Waals surface area contributed by atoms with Crippen molar-refractivity contribution >= 4 is 24.1 Å². The van der Waals surface area contributed by atoms with Crippen molar-refractivity contribution in [3.63, 3.8) is 0 Å². The van der Waals surface area contributed by atoms with Gasteiger partial charge in [-0.15, -0.1) is 12.4 Å². The zero-order valence-electron chi connectivity index (χ0n) is 13.1. The third kappa shape index (κ3) is 4.38. The molecular weight excluding hydrogens is 316 g/mol. The first-order chi connectivity index (χ1) is 10.7. The molecule has 0 fully saturated rings. The van der Waals surface area contributed by atoms with Crippen LogP contribution in [0.2, 0.25) is 0 Å². The molecule has 0 saturated carbocycles. The fraction of sp³-hybridized carbons (Fsp3) is 0.176. The number of hydrogen-bond donors (Lipinski definition) is 0. The van der Waals surface area contributed by atoms with E-state index in [1.165, 1.54) is 0 Å². The Kier molecular flexibility index (Phi) is 6.91. The maximum Gasteiger partial charge on any atom is 0.212 e. The molecule has 0 aliphatic carbocycles. The summed E-state index contributed by atoms with van der Waals surface area (Å²) in [4.78, 5) is 4.12. The van der Waals surface area contributed by atoms with E-state index < -0.39 is 0 Å². The lowest BCUT2D eigenvalue weighted by atomic mass is 10.0. The number of nitrogens with zero attached hydrogens (tertiary/aromatic N) is 2. The molecule has 0 atom stereocenters. The van der Waals surface area contributed by atoms with Crippen molar-refractivity contribution in [2.24, 2.45) is 0 Å². The third-order valence-corrected chi connectivity index (χ3v) is 3.09. The molecule has 0 aliphatic heterocycles. The van der Waals surface area contributed by atoms with Gasteiger partial charge in [-0.1, -0.05) is 0 Å². The van der Waals surface area contributed by atoms with Crippen LogP contribution in [-0.2, 0) is 0 Å². The molecule has 1 heterocycles. The Bertz CT molecular complexity index is 722. The van der Waals surface area contributed by atoms with Crippen LogP contribution in [0.4, 0.5) is 0 Å². The normalized spacial score (nSPS) is 10.3. The Balaban J connectivity index is 0.00000264. The molecule has 1 aromatic heterocycles. The SMILES string of the molecule is COc1ccc(C=C(C#N)c2ccc(OC)c(OC)c2)cn1.Cl. The van der Waals surface area contributed by atoms with Crippen LogP contribution >= 0.6 is 12.4 Å². The largest absolute Gasteiger partial charge is 0.493 e. The van der Waals surface area contributed by atoms with Gasteiger partial charge >= 0.3 is 0 Å². The fourth-order valence-corrected chi connectivity index (χ4v) is 1.95. The standard InChI is InChI=1S/C17H16N2O3.ClH/c1-20-15-6-5-13(9-16(15)21-2)14(10-18)8-12-4-7-17(22-3)19-11-12;/h4-9,11H,1-3H3;1H. The molecule has 0 unspecified atom stereocenters. The summed E-state index contributed by atoms with van der Waals surface area (Å²) >= 11 is 0. The van der Waals surface area contributed by atoms with Crippen LogP contribution in [0, 0.1) is 11.3 Å². The summed E-state index contributed by atoms with van der Waals surface area (Å²) < 4.78 is 15.5. The van der Waals surface area contributed by atoms with Crippen molar-refractivity contribution < 1.29 is 14.2 Å². The summed E-state index contributed by atoms with van der Waals surface area (Å²) in [6, 6.07) is 11.1. The molecule has 0 saturated heterocycles. The van der Waals surface area contributed by atoms with Gasteiger partial charge in [-0.3, -0.25) is 0 Å². The molecule has 0 amide bonds. The van der Waals surface area contributed by atoms with E-state index in [2.05, 4.69) is 11.1 Å². The fourth-order valence-electron chi connectivity index (χ4n) is 1.95. The molecule has 6 heteroatoms. The first kappa shape index (κ1) is 18.3. The number of ether oxygens (including phenoxy) is 3. The van der Waals surface area contributed by atoms with Crippen molar-refractivity contribution in [3.8, 4) is 23.4 Å². The summed E-state index contributed by atoms with van der Waals surface area (Å²) in [6.45, 7) is 0. The van der Waals surface area contributed by atoms with Crippen LogP contribution in [0.1, 0.15) is 11.1 Å². The van der Waals surface area contributed by atoms with Gasteiger partial charge in [0.1, 0.15) is 0 Å². The topological polar surface area (TPSA) is 64.4 Å². The van der Waals surface area contributed by atoms with E-state index in [9.17, 15) is 5.26 Å². The van der Waals surface area contributed by atoms with E-state index in [4.69, 9.17) is 14.2 Å². The second-order valence-corrected chi connectivity index (χ2v) is 4.37. The van der Waals surface area contributed by atoms with E-state index in [1.807, 2.05) is 12.1 Å². The van der Waals surface area contributed by atoms with Crippen molar-refractivity contribution in [1.82, 2.24) is 4.98 Å². The molecule has 0 spiro atoms. The minimum Gasteiger partial charge on any atom is -0.493 e. The summed E-state index contributed by atoms with van der Waals surface area (Å²) in [5, 5.41) is 9.40. The van der Waals surface area contributed by atoms with Crippen LogP contribution in [0.25, 0.3) is 11.6 Å². The number of hydrogen-bond acceptors (Lipinski definition) is 5. The Morgan fingerprint density at radius 3 is 2.30 bits per heavy atom. The van der Waals surface area contributed by atoms with E-state index in [0.717, 1.165) is 11.1 Å². The molecule has 0 aliphatic rings. The van der Waals surface area contributed by atoms with Crippen molar-refractivity contribution in [1.29, 1.82) is 5.26 Å². The summed E-state index contributed by atoms with van der Waals surface area (Å²) in [5.74, 6) is 1.73. The lowest BCUT2D eigenvalue weighted by Gasteiger charge is -2.09. The second-order valence-electron chi connectivity index (χ2n) is 4.37. The number of rotatable bonds is 5. The predicted octanol–water partition coefficient (Wildman–Crippen LogP) is 3.59. The summed E-state index contributed by atoms with van der Waals surface area (Å²) in [5.41, 5.74) is 2.07. The van der Waals surface area contributed by atoms with Gasteiger partial charge in [0.2, 0.25) is 5.88 Å². The monoisotopic (exact) mass is 332 g/mol. The van der Waals surface area contributed by atoms with Crippen molar-refractivity contribution in [2.75, 3.05) is 21.3 Å². The van der Waals surface area contributed by atoms with Crippen LogP contribution in [0.15, 0.2) is 36.5 Å². The van der Waals surface area contributed by atoms with Gasteiger partial charge in [-0.2, -0.15) is 5.26 Å². The number of halogens is 1. The molecular formula is C17H17ClN2O3. The quantitative estimate of drug-likeness (QED) is 0.783. The van der Waals surface area contributed by atoms with Crippen LogP contribution in [-0.4, -0.2) is 26.3 Å². The lowest BCUT2D eigenvalue weighted by Crippen LogP contribution is -1.92. The molecule has 1 aromatic carbocycles. The molecule has 0 radical (unpaired) electrons. The average Bonchev–Trinajstić information content (AvgIpc) is 2.59. The molecule has 5 nitrogen and oxygen atoms in total. The van der Waals surface area contributed by atoms with Gasteiger partial charge in [-0.05, 0) is 41.5 Å². The number of nitriles is 1. The van der Waals surface area contributed by atoms with E-state index in [-0.39, 0.29) is 12.4 Å². The Hall–Kier alpha value is -2.71. The molecule has 23 heavy (non-hydrogen) atoms. The highest BCUT2D eigenvalue weighted by molar-refractivity contribution is 5.90. The summed E-state index contributed by atoms with van der Waals surface area (Å²) in [6.07, 6.45) is 3.41. The Morgan fingerprint density at radius 2 is 1.78 bits per heavy atom. The predicted molar refractivity (Wildman–Crippen MR) is 91.1 cm³/mol. The van der Waals surface area contributed by atoms with Crippen LogP contribution < -0.4 is 14.2 Å². The number of allylic oxidation sites excluding steroid dienone is 1. The summed E-state index contributed by atoms with van der Waals surface area (Å²) in [7, 11) is 4.69. The van der Waals surface area contributed by atoms with Gasteiger partial charge in [0.25, 0.3) is 0 Å². The smallest absolute Gasteiger partial charge is 0.212 e. The van der Waals surface area contributed by atoms with E-state index >= 15 is 0 Å². The Morgan fingerprint density at radius 1 is 1.04 bits per heavy atom. The third-order valence-electron chi connectivity index (χ3n) is 3.09. The average molecular weight is 333 g/mol. The minimum absolute atomic E-state index is 0. The van der Waals surface area contributed by atoms with Gasteiger partial charge in [-0.25, -0.2) is 4.98 Å². The highest BCUT2D eigenvalue weighted by atomic mass is 35.5. The number of aromatic nitrogens is 1. The van der Waals surface area contributed by atoms with Gasteiger partial charge in [0.05, 0.1) is 33.0 Å². The van der Waals surface area contributed by atoms with Crippen molar-refractivity contribution in [2.45, 2.75) is 0 Å². The molecule has 120 valence electrons. The van der Waals surface area contributed by atoms with Crippen molar-refractivity contribution in [3.05, 3.63) is 47.7 Å². The highest BCUT2D eigenvalue weighted by Gasteiger charge is 2.08. The highest BCUT2D eigenvalue weighted by Crippen LogP contribution is 2.30. The number of methoxy groups -OCH3 is 3. The van der Waals surface area contributed by atoms with Gasteiger partial charge < -0.3 is 14.2 Å². The van der Waals surface area contributed by atoms with Gasteiger partial charge in [0.15, 0.2) is 11.5 Å². The lowest BCUT2D eigenvalue weighted by molar-refractivity contribution is 0.355. The second kappa shape index (κ2) is 8.66. The maximum absolute atomic E-state index is 9.40.